The Balaban J connectivity index is 1.75. The summed E-state index contributed by atoms with van der Waals surface area (Å²) in [5.41, 5.74) is 1.27. The van der Waals surface area contributed by atoms with Crippen LogP contribution >= 0.6 is 0 Å². The molecule has 6 nitrogen and oxygen atoms in total. The number of ether oxygens (including phenoxy) is 1. The summed E-state index contributed by atoms with van der Waals surface area (Å²) in [6.07, 6.45) is 2.07. The molecule has 2 heterocycles. The predicted octanol–water partition coefficient (Wildman–Crippen LogP) is 0.365. The van der Waals surface area contributed by atoms with Gasteiger partial charge in [-0.3, -0.25) is 9.89 Å². The van der Waals surface area contributed by atoms with Gasteiger partial charge in [0.1, 0.15) is 0 Å². The molecule has 1 saturated heterocycles. The van der Waals surface area contributed by atoms with Crippen molar-refractivity contribution in [1.29, 1.82) is 0 Å². The van der Waals surface area contributed by atoms with Gasteiger partial charge in [-0.1, -0.05) is 0 Å². The van der Waals surface area contributed by atoms with E-state index in [4.69, 9.17) is 4.74 Å². The van der Waals surface area contributed by atoms with Gasteiger partial charge in [0, 0.05) is 59.2 Å². The summed E-state index contributed by atoms with van der Waals surface area (Å²) in [7, 11) is 5.97. The van der Waals surface area contributed by atoms with E-state index in [0.717, 1.165) is 51.9 Å². The van der Waals surface area contributed by atoms with E-state index in [9.17, 15) is 0 Å². The van der Waals surface area contributed by atoms with Crippen molar-refractivity contribution in [2.75, 3.05) is 53.5 Å². The number of nitrogens with one attached hydrogen (secondary N) is 1. The Kier molecular flexibility index (Phi) is 6.07. The fourth-order valence-corrected chi connectivity index (χ4v) is 2.51. The molecule has 1 aliphatic rings. The number of rotatable bonds is 5. The third kappa shape index (κ3) is 4.75. The van der Waals surface area contributed by atoms with Crippen LogP contribution in [0.4, 0.5) is 0 Å². The molecule has 2 rings (SSSR count). The molecule has 0 unspecified atom stereocenters. The van der Waals surface area contributed by atoms with E-state index in [1.807, 2.05) is 7.05 Å². The molecule has 0 bridgehead atoms. The van der Waals surface area contributed by atoms with Crippen LogP contribution in [0.5, 0.6) is 0 Å². The Bertz CT molecular complexity index is 451. The second-order valence-electron chi connectivity index (χ2n) is 5.39. The maximum atomic E-state index is 5.36. The Morgan fingerprint density at radius 2 is 2.19 bits per heavy atom. The highest BCUT2D eigenvalue weighted by Crippen LogP contribution is 2.03. The number of hydrogen-bond acceptors (Lipinski definition) is 3. The minimum atomic E-state index is 0.848. The van der Waals surface area contributed by atoms with Gasteiger partial charge in [0.05, 0.1) is 19.8 Å². The molecular weight excluding hydrogens is 266 g/mol. The number of aryl methyl sites for hydroxylation is 1. The van der Waals surface area contributed by atoms with Crippen molar-refractivity contribution >= 4 is 5.96 Å². The molecule has 1 aliphatic heterocycles. The fourth-order valence-electron chi connectivity index (χ4n) is 2.51. The van der Waals surface area contributed by atoms with E-state index in [1.54, 1.807) is 0 Å². The van der Waals surface area contributed by atoms with Crippen molar-refractivity contribution in [1.82, 2.24) is 19.7 Å². The highest BCUT2D eigenvalue weighted by molar-refractivity contribution is 5.79. The minimum absolute atomic E-state index is 0.848. The number of nitrogens with zero attached hydrogens (tertiary/aromatic N) is 4. The van der Waals surface area contributed by atoms with Crippen LogP contribution in [-0.2, 0) is 18.3 Å². The van der Waals surface area contributed by atoms with E-state index in [0.29, 0.717) is 0 Å². The quantitative estimate of drug-likeness (QED) is 0.629. The van der Waals surface area contributed by atoms with Crippen LogP contribution in [0.1, 0.15) is 5.69 Å². The van der Waals surface area contributed by atoms with Gasteiger partial charge in [0.25, 0.3) is 0 Å². The molecule has 0 aliphatic carbocycles. The summed E-state index contributed by atoms with van der Waals surface area (Å²) in [6.45, 7) is 6.54. The van der Waals surface area contributed by atoms with Gasteiger partial charge in [-0.2, -0.15) is 0 Å². The molecule has 0 radical (unpaired) electrons. The molecule has 0 amide bonds. The molecule has 1 fully saturated rings. The molecule has 118 valence electrons. The molecule has 0 aromatic carbocycles. The Morgan fingerprint density at radius 1 is 1.43 bits per heavy atom. The number of guanidine groups is 1. The van der Waals surface area contributed by atoms with Crippen LogP contribution in [0, 0.1) is 0 Å². The van der Waals surface area contributed by atoms with Crippen LogP contribution in [0.3, 0.4) is 0 Å². The third-order valence-electron chi connectivity index (χ3n) is 3.84. The molecule has 1 N–H and O–H groups in total. The summed E-state index contributed by atoms with van der Waals surface area (Å²) >= 11 is 0. The van der Waals surface area contributed by atoms with E-state index < -0.39 is 0 Å². The van der Waals surface area contributed by atoms with Crippen molar-refractivity contribution in [3.63, 3.8) is 0 Å². The fraction of sp³-hybridized carbons (Fsp3) is 0.667. The first kappa shape index (κ1) is 15.9. The summed E-state index contributed by atoms with van der Waals surface area (Å²) in [6, 6.07) is 4.20. The van der Waals surface area contributed by atoms with Gasteiger partial charge in [0.2, 0.25) is 0 Å². The molecule has 6 heteroatoms. The van der Waals surface area contributed by atoms with Crippen molar-refractivity contribution in [3.8, 4) is 0 Å². The number of aromatic nitrogens is 1. The van der Waals surface area contributed by atoms with E-state index >= 15 is 0 Å². The predicted molar refractivity (Wildman–Crippen MR) is 85.5 cm³/mol. The van der Waals surface area contributed by atoms with Gasteiger partial charge < -0.3 is 19.5 Å². The van der Waals surface area contributed by atoms with Crippen molar-refractivity contribution in [2.45, 2.75) is 6.54 Å². The van der Waals surface area contributed by atoms with Crippen LogP contribution in [0.2, 0.25) is 0 Å². The number of hydrogen-bond donors (Lipinski definition) is 1. The zero-order valence-electron chi connectivity index (χ0n) is 13.4. The van der Waals surface area contributed by atoms with Crippen LogP contribution in [-0.4, -0.2) is 73.8 Å². The lowest BCUT2D eigenvalue weighted by molar-refractivity contribution is 0.0388. The Labute approximate surface area is 127 Å². The number of morpholine rings is 1. The van der Waals surface area contributed by atoms with E-state index in [1.165, 1.54) is 5.69 Å². The first-order valence-electron chi connectivity index (χ1n) is 7.53. The van der Waals surface area contributed by atoms with Gasteiger partial charge in [-0.25, -0.2) is 0 Å². The summed E-state index contributed by atoms with van der Waals surface area (Å²) in [5, 5.41) is 3.43. The van der Waals surface area contributed by atoms with Crippen molar-refractivity contribution in [2.24, 2.45) is 12.0 Å². The second-order valence-corrected chi connectivity index (χ2v) is 5.39. The minimum Gasteiger partial charge on any atom is -0.379 e. The molecule has 0 atom stereocenters. The van der Waals surface area contributed by atoms with E-state index in [-0.39, 0.29) is 0 Å². The normalized spacial score (nSPS) is 17.0. The van der Waals surface area contributed by atoms with Gasteiger partial charge >= 0.3 is 0 Å². The molecule has 0 saturated carbocycles. The highest BCUT2D eigenvalue weighted by atomic mass is 16.5. The molecule has 1 aromatic heterocycles. The van der Waals surface area contributed by atoms with Crippen LogP contribution in [0.15, 0.2) is 23.3 Å². The highest BCUT2D eigenvalue weighted by Gasteiger charge is 2.11. The third-order valence-corrected chi connectivity index (χ3v) is 3.84. The van der Waals surface area contributed by atoms with Crippen molar-refractivity contribution in [3.05, 3.63) is 24.0 Å². The van der Waals surface area contributed by atoms with Gasteiger partial charge in [0.15, 0.2) is 5.96 Å². The Morgan fingerprint density at radius 3 is 2.81 bits per heavy atom. The average Bonchev–Trinajstić information content (AvgIpc) is 2.90. The smallest absolute Gasteiger partial charge is 0.193 e. The maximum Gasteiger partial charge on any atom is 0.193 e. The standard InChI is InChI=1S/C15H27N5O/c1-16-15(17-6-8-20-9-11-21-12-10-20)19(3)13-14-5-4-7-18(14)2/h4-5,7H,6,8-13H2,1-3H3,(H,16,17). The van der Waals surface area contributed by atoms with Crippen molar-refractivity contribution < 1.29 is 4.74 Å². The first-order valence-corrected chi connectivity index (χ1v) is 7.53. The molecular formula is C15H27N5O. The largest absolute Gasteiger partial charge is 0.379 e. The molecule has 21 heavy (non-hydrogen) atoms. The number of aliphatic imine (C=N–C) groups is 1. The monoisotopic (exact) mass is 293 g/mol. The average molecular weight is 293 g/mol. The second kappa shape index (κ2) is 8.05. The summed E-state index contributed by atoms with van der Waals surface area (Å²) in [5.74, 6) is 0.935. The Hall–Kier alpha value is -1.53. The van der Waals surface area contributed by atoms with Crippen LogP contribution < -0.4 is 5.32 Å². The lowest BCUT2D eigenvalue weighted by Gasteiger charge is -2.28. The summed E-state index contributed by atoms with van der Waals surface area (Å²) < 4.78 is 7.50. The molecule has 1 aromatic rings. The summed E-state index contributed by atoms with van der Waals surface area (Å²) in [4.78, 5) is 8.92. The lowest BCUT2D eigenvalue weighted by Crippen LogP contribution is -2.44. The first-order chi connectivity index (χ1) is 10.2. The van der Waals surface area contributed by atoms with Gasteiger partial charge in [-0.15, -0.1) is 0 Å². The molecule has 0 spiro atoms. The zero-order valence-corrected chi connectivity index (χ0v) is 13.4. The maximum absolute atomic E-state index is 5.36. The topological polar surface area (TPSA) is 45.0 Å². The van der Waals surface area contributed by atoms with Crippen LogP contribution in [0.25, 0.3) is 0 Å². The zero-order chi connectivity index (χ0) is 15.1. The van der Waals surface area contributed by atoms with Gasteiger partial charge in [-0.05, 0) is 12.1 Å². The van der Waals surface area contributed by atoms with E-state index in [2.05, 4.69) is 57.1 Å². The SMILES string of the molecule is CN=C(NCCN1CCOCC1)N(C)Cc1cccn1C. The lowest BCUT2D eigenvalue weighted by atomic mass is 10.4.